The van der Waals surface area contributed by atoms with Gasteiger partial charge in [0, 0.05) is 24.4 Å². The third kappa shape index (κ3) is 1.72. The molecule has 1 aliphatic heterocycles. The highest BCUT2D eigenvalue weighted by Gasteiger charge is 2.31. The van der Waals surface area contributed by atoms with Gasteiger partial charge in [0.25, 0.3) is 0 Å². The van der Waals surface area contributed by atoms with Gasteiger partial charge in [0.1, 0.15) is 5.75 Å². The lowest BCUT2D eigenvalue weighted by Gasteiger charge is -2.36. The van der Waals surface area contributed by atoms with E-state index < -0.39 is 5.79 Å². The third-order valence-electron chi connectivity index (χ3n) is 2.10. The van der Waals surface area contributed by atoms with Crippen molar-refractivity contribution in [1.29, 1.82) is 0 Å². The highest BCUT2D eigenvalue weighted by atomic mass is 35.5. The van der Waals surface area contributed by atoms with E-state index in [0.717, 1.165) is 11.3 Å². The topological polar surface area (TPSA) is 18.5 Å². The molecule has 0 fully saturated rings. The zero-order valence-electron chi connectivity index (χ0n) is 8.21. The van der Waals surface area contributed by atoms with Gasteiger partial charge in [0.05, 0.1) is 6.10 Å². The van der Waals surface area contributed by atoms with Gasteiger partial charge in [0.2, 0.25) is 5.79 Å². The lowest BCUT2D eigenvalue weighted by Crippen LogP contribution is -2.36. The summed E-state index contributed by atoms with van der Waals surface area (Å²) in [6.07, 6.45) is -0.229. The van der Waals surface area contributed by atoms with E-state index in [-0.39, 0.29) is 6.10 Å². The summed E-state index contributed by atoms with van der Waals surface area (Å²) in [6.45, 7) is 7.64. The van der Waals surface area contributed by atoms with Crippen LogP contribution in [0, 0.1) is 6.92 Å². The van der Waals surface area contributed by atoms with Gasteiger partial charge in [-0.1, -0.05) is 11.6 Å². The number of hydrogen-bond acceptors (Lipinski definition) is 2. The van der Waals surface area contributed by atoms with Crippen LogP contribution in [0.15, 0.2) is 18.2 Å². The van der Waals surface area contributed by atoms with Crippen molar-refractivity contribution in [2.75, 3.05) is 0 Å². The zero-order valence-corrected chi connectivity index (χ0v) is 8.97. The Kier molecular flexibility index (Phi) is 2.20. The fourth-order valence-electron chi connectivity index (χ4n) is 1.56. The molecule has 14 heavy (non-hydrogen) atoms. The maximum absolute atomic E-state index is 5.87. The molecular formula is C11H12ClO2. The minimum Gasteiger partial charge on any atom is -0.463 e. The first-order chi connectivity index (χ1) is 6.48. The summed E-state index contributed by atoms with van der Waals surface area (Å²) in [5.41, 5.74) is 0.900. The van der Waals surface area contributed by atoms with Crippen molar-refractivity contribution in [1.82, 2.24) is 0 Å². The quantitative estimate of drug-likeness (QED) is 0.655. The molecule has 2 nitrogen and oxygen atoms in total. The second kappa shape index (κ2) is 3.14. The molecule has 1 atom stereocenters. The SMILES string of the molecule is [CH2][C@@H]1OC(C)(C)Oc2ccc(Cl)cc21. The molecule has 2 rings (SSSR count). The lowest BCUT2D eigenvalue weighted by molar-refractivity contribution is -0.195. The highest BCUT2D eigenvalue weighted by molar-refractivity contribution is 6.30. The number of hydrogen-bond donors (Lipinski definition) is 0. The molecular weight excluding hydrogens is 200 g/mol. The van der Waals surface area contributed by atoms with Gasteiger partial charge in [-0.15, -0.1) is 0 Å². The van der Waals surface area contributed by atoms with Gasteiger partial charge in [-0.25, -0.2) is 0 Å². The molecule has 0 saturated heterocycles. The Morgan fingerprint density at radius 3 is 2.86 bits per heavy atom. The van der Waals surface area contributed by atoms with Crippen LogP contribution in [0.25, 0.3) is 0 Å². The highest BCUT2D eigenvalue weighted by Crippen LogP contribution is 2.39. The monoisotopic (exact) mass is 211 g/mol. The standard InChI is InChI=1S/C11H12ClO2/c1-7-9-6-8(12)4-5-10(9)14-11(2,3)13-7/h4-7H,1H2,2-3H3/t7-/m0/s1. The predicted octanol–water partition coefficient (Wildman–Crippen LogP) is 3.36. The van der Waals surface area contributed by atoms with Gasteiger partial charge >= 0.3 is 0 Å². The van der Waals surface area contributed by atoms with E-state index in [2.05, 4.69) is 6.92 Å². The molecule has 1 aliphatic rings. The Labute approximate surface area is 88.8 Å². The summed E-state index contributed by atoms with van der Waals surface area (Å²) in [6, 6.07) is 5.47. The maximum atomic E-state index is 5.87. The molecule has 0 saturated carbocycles. The van der Waals surface area contributed by atoms with Crippen molar-refractivity contribution < 1.29 is 9.47 Å². The molecule has 0 unspecified atom stereocenters. The van der Waals surface area contributed by atoms with Crippen LogP contribution in [-0.2, 0) is 4.74 Å². The Morgan fingerprint density at radius 2 is 2.14 bits per heavy atom. The van der Waals surface area contributed by atoms with Crippen LogP contribution in [0.3, 0.4) is 0 Å². The van der Waals surface area contributed by atoms with Gasteiger partial charge in [-0.05, 0) is 25.1 Å². The molecule has 75 valence electrons. The predicted molar refractivity (Wildman–Crippen MR) is 55.3 cm³/mol. The normalized spacial score (nSPS) is 23.9. The summed E-state index contributed by atoms with van der Waals surface area (Å²) >= 11 is 5.87. The first-order valence-corrected chi connectivity index (χ1v) is 4.85. The minimum absolute atomic E-state index is 0.229. The number of halogens is 1. The van der Waals surface area contributed by atoms with Gasteiger partial charge < -0.3 is 9.47 Å². The third-order valence-corrected chi connectivity index (χ3v) is 2.34. The fraction of sp³-hybridized carbons (Fsp3) is 0.364. The summed E-state index contributed by atoms with van der Waals surface area (Å²) in [4.78, 5) is 0. The van der Waals surface area contributed by atoms with E-state index >= 15 is 0 Å². The molecule has 0 aliphatic carbocycles. The molecule has 1 aromatic rings. The Balaban J connectivity index is 2.45. The summed E-state index contributed by atoms with van der Waals surface area (Å²) in [5.74, 6) is 0.179. The van der Waals surface area contributed by atoms with Gasteiger partial charge in [0.15, 0.2) is 0 Å². The number of rotatable bonds is 0. The maximum Gasteiger partial charge on any atom is 0.205 e. The lowest BCUT2D eigenvalue weighted by atomic mass is 10.1. The van der Waals surface area contributed by atoms with Crippen molar-refractivity contribution in [3.8, 4) is 5.75 Å². The van der Waals surface area contributed by atoms with E-state index in [1.165, 1.54) is 0 Å². The van der Waals surface area contributed by atoms with E-state index in [0.29, 0.717) is 5.02 Å². The first kappa shape index (κ1) is 9.81. The average Bonchev–Trinajstić information content (AvgIpc) is 2.05. The zero-order chi connectivity index (χ0) is 10.3. The molecule has 0 N–H and O–H groups in total. The van der Waals surface area contributed by atoms with Crippen LogP contribution < -0.4 is 4.74 Å². The number of fused-ring (bicyclic) bond motifs is 1. The summed E-state index contributed by atoms with van der Waals surface area (Å²) < 4.78 is 11.2. The molecule has 0 bridgehead atoms. The van der Waals surface area contributed by atoms with Crippen molar-refractivity contribution in [3.63, 3.8) is 0 Å². The van der Waals surface area contributed by atoms with E-state index in [1.807, 2.05) is 26.0 Å². The Hall–Kier alpha value is -0.730. The second-order valence-corrected chi connectivity index (χ2v) is 4.23. The van der Waals surface area contributed by atoms with Crippen LogP contribution >= 0.6 is 11.6 Å². The summed E-state index contributed by atoms with van der Waals surface area (Å²) in [7, 11) is 0. The van der Waals surface area contributed by atoms with Crippen LogP contribution in [0.2, 0.25) is 5.02 Å². The second-order valence-electron chi connectivity index (χ2n) is 3.79. The Bertz CT molecular complexity index is 360. The fourth-order valence-corrected chi connectivity index (χ4v) is 1.74. The molecule has 1 aromatic carbocycles. The van der Waals surface area contributed by atoms with Crippen molar-refractivity contribution in [2.24, 2.45) is 0 Å². The van der Waals surface area contributed by atoms with Crippen molar-refractivity contribution >= 4 is 11.6 Å². The van der Waals surface area contributed by atoms with Gasteiger partial charge in [-0.3, -0.25) is 0 Å². The van der Waals surface area contributed by atoms with E-state index in [4.69, 9.17) is 21.1 Å². The largest absolute Gasteiger partial charge is 0.463 e. The molecule has 3 heteroatoms. The molecule has 0 spiro atoms. The van der Waals surface area contributed by atoms with Crippen molar-refractivity contribution in [2.45, 2.75) is 25.7 Å². The molecule has 0 amide bonds. The van der Waals surface area contributed by atoms with E-state index in [1.54, 1.807) is 6.07 Å². The van der Waals surface area contributed by atoms with Gasteiger partial charge in [-0.2, -0.15) is 0 Å². The van der Waals surface area contributed by atoms with Crippen molar-refractivity contribution in [3.05, 3.63) is 35.7 Å². The van der Waals surface area contributed by atoms with Crippen LogP contribution in [0.5, 0.6) is 5.75 Å². The number of ether oxygens (including phenoxy) is 2. The van der Waals surface area contributed by atoms with Crippen LogP contribution in [0.4, 0.5) is 0 Å². The van der Waals surface area contributed by atoms with Crippen LogP contribution in [0.1, 0.15) is 25.5 Å². The molecule has 1 radical (unpaired) electrons. The molecule has 1 heterocycles. The minimum atomic E-state index is -0.618. The smallest absolute Gasteiger partial charge is 0.205 e. The number of benzene rings is 1. The summed E-state index contributed by atoms with van der Waals surface area (Å²) in [5, 5.41) is 0.671. The average molecular weight is 212 g/mol. The van der Waals surface area contributed by atoms with E-state index in [9.17, 15) is 0 Å². The van der Waals surface area contributed by atoms with Crippen LogP contribution in [-0.4, -0.2) is 5.79 Å². The first-order valence-electron chi connectivity index (χ1n) is 4.47. The Morgan fingerprint density at radius 1 is 1.43 bits per heavy atom. The molecule has 0 aromatic heterocycles.